The maximum Gasteiger partial charge on any atom is 0.231 e. The molecule has 1 aromatic rings. The summed E-state index contributed by atoms with van der Waals surface area (Å²) in [6.45, 7) is 1.84. The summed E-state index contributed by atoms with van der Waals surface area (Å²) in [5.41, 5.74) is -0.0562. The van der Waals surface area contributed by atoms with Gasteiger partial charge in [-0.05, 0) is 38.3 Å². The van der Waals surface area contributed by atoms with Crippen LogP contribution in [-0.2, 0) is 10.2 Å². The maximum absolute atomic E-state index is 13.9. The Labute approximate surface area is 112 Å². The Balaban J connectivity index is 1.74. The van der Waals surface area contributed by atoms with Gasteiger partial charge in [-0.2, -0.15) is 0 Å². The molecule has 0 unspecified atom stereocenters. The number of carbonyl (C=O) groups is 1. The van der Waals surface area contributed by atoms with Gasteiger partial charge >= 0.3 is 0 Å². The van der Waals surface area contributed by atoms with Gasteiger partial charge in [-0.3, -0.25) is 4.79 Å². The van der Waals surface area contributed by atoms with Crippen molar-refractivity contribution in [2.24, 2.45) is 0 Å². The third-order valence-electron chi connectivity index (χ3n) is 4.21. The Morgan fingerprint density at radius 3 is 2.79 bits per heavy atom. The van der Waals surface area contributed by atoms with E-state index in [1.54, 1.807) is 18.2 Å². The molecule has 1 heterocycles. The molecule has 1 aliphatic carbocycles. The SMILES string of the molecule is O=C(N[C@H]1CCCNC1)C1(c2ccccc2F)CC1. The molecule has 3 nitrogen and oxygen atoms in total. The number of hydrogen-bond donors (Lipinski definition) is 2. The highest BCUT2D eigenvalue weighted by molar-refractivity contribution is 5.91. The molecule has 1 aliphatic heterocycles. The molecular formula is C15H19FN2O. The third-order valence-corrected chi connectivity index (χ3v) is 4.21. The van der Waals surface area contributed by atoms with E-state index in [1.165, 1.54) is 6.07 Å². The minimum Gasteiger partial charge on any atom is -0.351 e. The fraction of sp³-hybridized carbons (Fsp3) is 0.533. The first-order valence-electron chi connectivity index (χ1n) is 6.99. The highest BCUT2D eigenvalue weighted by Gasteiger charge is 2.52. The van der Waals surface area contributed by atoms with Gasteiger partial charge in [-0.1, -0.05) is 18.2 Å². The highest BCUT2D eigenvalue weighted by atomic mass is 19.1. The van der Waals surface area contributed by atoms with Gasteiger partial charge < -0.3 is 10.6 Å². The number of halogens is 1. The van der Waals surface area contributed by atoms with Crippen molar-refractivity contribution in [2.45, 2.75) is 37.1 Å². The first-order chi connectivity index (χ1) is 9.22. The van der Waals surface area contributed by atoms with E-state index in [4.69, 9.17) is 0 Å². The molecule has 102 valence electrons. The molecule has 1 saturated heterocycles. The number of benzene rings is 1. The predicted molar refractivity (Wildman–Crippen MR) is 71.3 cm³/mol. The van der Waals surface area contributed by atoms with Gasteiger partial charge in [0.05, 0.1) is 5.41 Å². The van der Waals surface area contributed by atoms with Crippen molar-refractivity contribution in [3.05, 3.63) is 35.6 Å². The van der Waals surface area contributed by atoms with E-state index in [0.717, 1.165) is 38.8 Å². The average Bonchev–Trinajstić information content (AvgIpc) is 3.22. The van der Waals surface area contributed by atoms with Crippen molar-refractivity contribution in [1.82, 2.24) is 10.6 Å². The lowest BCUT2D eigenvalue weighted by molar-refractivity contribution is -0.124. The van der Waals surface area contributed by atoms with Crippen molar-refractivity contribution in [3.63, 3.8) is 0 Å². The van der Waals surface area contributed by atoms with Gasteiger partial charge in [0, 0.05) is 18.2 Å². The van der Waals surface area contributed by atoms with Crippen LogP contribution in [-0.4, -0.2) is 25.0 Å². The minimum absolute atomic E-state index is 0.00806. The van der Waals surface area contributed by atoms with Crippen molar-refractivity contribution < 1.29 is 9.18 Å². The van der Waals surface area contributed by atoms with E-state index in [0.29, 0.717) is 5.56 Å². The Kier molecular flexibility index (Phi) is 3.27. The summed E-state index contributed by atoms with van der Waals surface area (Å²) in [6, 6.07) is 6.82. The van der Waals surface area contributed by atoms with Crippen molar-refractivity contribution >= 4 is 5.91 Å². The fourth-order valence-corrected chi connectivity index (χ4v) is 2.89. The molecule has 19 heavy (non-hydrogen) atoms. The van der Waals surface area contributed by atoms with Gasteiger partial charge in [0.25, 0.3) is 0 Å². The average molecular weight is 262 g/mol. The van der Waals surface area contributed by atoms with Crippen molar-refractivity contribution in [2.75, 3.05) is 13.1 Å². The standard InChI is InChI=1S/C15H19FN2O/c16-13-6-2-1-5-12(13)15(7-8-15)14(19)18-11-4-3-9-17-10-11/h1-2,5-6,11,17H,3-4,7-10H2,(H,18,19)/t11-/m0/s1. The molecule has 3 rings (SSSR count). The van der Waals surface area contributed by atoms with Crippen molar-refractivity contribution in [1.29, 1.82) is 0 Å². The Hall–Kier alpha value is -1.42. The maximum atomic E-state index is 13.9. The number of amides is 1. The van der Waals surface area contributed by atoms with Crippen LogP contribution in [0.25, 0.3) is 0 Å². The van der Waals surface area contributed by atoms with Crippen LogP contribution in [0, 0.1) is 5.82 Å². The second-order valence-corrected chi connectivity index (χ2v) is 5.58. The zero-order valence-electron chi connectivity index (χ0n) is 10.9. The van der Waals surface area contributed by atoms with E-state index in [1.807, 2.05) is 0 Å². The van der Waals surface area contributed by atoms with Gasteiger partial charge in [0.1, 0.15) is 5.82 Å². The normalized spacial score (nSPS) is 24.8. The number of hydrogen-bond acceptors (Lipinski definition) is 2. The summed E-state index contributed by atoms with van der Waals surface area (Å²) in [4.78, 5) is 12.4. The fourth-order valence-electron chi connectivity index (χ4n) is 2.89. The van der Waals surface area contributed by atoms with Crippen molar-refractivity contribution in [3.8, 4) is 0 Å². The van der Waals surface area contributed by atoms with E-state index in [-0.39, 0.29) is 17.8 Å². The van der Waals surface area contributed by atoms with Crippen LogP contribution in [0.5, 0.6) is 0 Å². The smallest absolute Gasteiger partial charge is 0.231 e. The van der Waals surface area contributed by atoms with Crippen LogP contribution in [0.15, 0.2) is 24.3 Å². The molecular weight excluding hydrogens is 243 g/mol. The monoisotopic (exact) mass is 262 g/mol. The van der Waals surface area contributed by atoms with Crippen LogP contribution < -0.4 is 10.6 Å². The van der Waals surface area contributed by atoms with Gasteiger partial charge in [0.15, 0.2) is 0 Å². The summed E-state index contributed by atoms with van der Waals surface area (Å²) < 4.78 is 13.9. The van der Waals surface area contributed by atoms with Gasteiger partial charge in [0.2, 0.25) is 5.91 Å². The molecule has 2 fully saturated rings. The molecule has 0 radical (unpaired) electrons. The largest absolute Gasteiger partial charge is 0.351 e. The van der Waals surface area contributed by atoms with E-state index in [2.05, 4.69) is 10.6 Å². The van der Waals surface area contributed by atoms with Crippen LogP contribution in [0.3, 0.4) is 0 Å². The molecule has 0 aromatic heterocycles. The molecule has 4 heteroatoms. The lowest BCUT2D eigenvalue weighted by atomic mass is 9.93. The molecule has 1 amide bonds. The quantitative estimate of drug-likeness (QED) is 0.871. The summed E-state index contributed by atoms with van der Waals surface area (Å²) in [6.07, 6.45) is 3.59. The molecule has 0 bridgehead atoms. The first-order valence-corrected chi connectivity index (χ1v) is 6.99. The van der Waals surface area contributed by atoms with Gasteiger partial charge in [-0.25, -0.2) is 4.39 Å². The molecule has 2 aliphatic rings. The van der Waals surface area contributed by atoms with Crippen LogP contribution in [0.1, 0.15) is 31.2 Å². The first kappa shape index (κ1) is 12.6. The second-order valence-electron chi connectivity index (χ2n) is 5.58. The van der Waals surface area contributed by atoms with Crippen LogP contribution in [0.2, 0.25) is 0 Å². The summed E-state index contributed by atoms with van der Waals surface area (Å²) in [5.74, 6) is -0.275. The molecule has 1 aromatic carbocycles. The molecule has 1 saturated carbocycles. The molecule has 2 N–H and O–H groups in total. The lowest BCUT2D eigenvalue weighted by Gasteiger charge is -2.26. The zero-order chi connectivity index (χ0) is 13.3. The highest BCUT2D eigenvalue weighted by Crippen LogP contribution is 2.49. The zero-order valence-corrected chi connectivity index (χ0v) is 10.9. The molecule has 0 spiro atoms. The topological polar surface area (TPSA) is 41.1 Å². The Morgan fingerprint density at radius 1 is 1.37 bits per heavy atom. The predicted octanol–water partition coefficient (Wildman–Crippen LogP) is 1.73. The number of piperidine rings is 1. The lowest BCUT2D eigenvalue weighted by Crippen LogP contribution is -2.48. The number of carbonyl (C=O) groups excluding carboxylic acids is 1. The van der Waals surface area contributed by atoms with Crippen LogP contribution in [0.4, 0.5) is 4.39 Å². The Morgan fingerprint density at radius 2 is 2.16 bits per heavy atom. The second kappa shape index (κ2) is 4.93. The number of rotatable bonds is 3. The third kappa shape index (κ3) is 2.37. The van der Waals surface area contributed by atoms with E-state index < -0.39 is 5.41 Å². The Bertz CT molecular complexity index is 479. The van der Waals surface area contributed by atoms with Gasteiger partial charge in [-0.15, -0.1) is 0 Å². The van der Waals surface area contributed by atoms with E-state index in [9.17, 15) is 9.18 Å². The number of nitrogens with one attached hydrogen (secondary N) is 2. The van der Waals surface area contributed by atoms with Crippen LogP contribution >= 0.6 is 0 Å². The van der Waals surface area contributed by atoms with E-state index >= 15 is 0 Å². The summed E-state index contributed by atoms with van der Waals surface area (Å²) in [7, 11) is 0. The summed E-state index contributed by atoms with van der Waals surface area (Å²) >= 11 is 0. The minimum atomic E-state index is -0.608. The molecule has 1 atom stereocenters. The summed E-state index contributed by atoms with van der Waals surface area (Å²) in [5, 5.41) is 6.35.